The van der Waals surface area contributed by atoms with Crippen LogP contribution in [0.1, 0.15) is 74.7 Å². The van der Waals surface area contributed by atoms with Gasteiger partial charge in [0.05, 0.1) is 5.56 Å². The summed E-state index contributed by atoms with van der Waals surface area (Å²) in [5, 5.41) is 9.78. The van der Waals surface area contributed by atoms with Crippen molar-refractivity contribution in [2.75, 3.05) is 0 Å². The van der Waals surface area contributed by atoms with Crippen molar-refractivity contribution in [1.82, 2.24) is 0 Å². The first-order valence-corrected chi connectivity index (χ1v) is 8.55. The van der Waals surface area contributed by atoms with Gasteiger partial charge in [0, 0.05) is 0 Å². The van der Waals surface area contributed by atoms with E-state index >= 15 is 0 Å². The lowest BCUT2D eigenvalue weighted by Gasteiger charge is -2.38. The Morgan fingerprint density at radius 2 is 1.83 bits per heavy atom. The fourth-order valence-electron chi connectivity index (χ4n) is 3.31. The number of esters is 1. The van der Waals surface area contributed by atoms with Crippen molar-refractivity contribution in [3.8, 4) is 0 Å². The molecule has 0 bridgehead atoms. The van der Waals surface area contributed by atoms with E-state index in [-0.39, 0.29) is 0 Å². The second-order valence-electron chi connectivity index (χ2n) is 6.50. The molecular weight excluding hydrogens is 292 g/mol. The molecule has 1 aromatic carbocycles. The summed E-state index contributed by atoms with van der Waals surface area (Å²) >= 11 is 0. The molecule has 126 valence electrons. The third-order valence-electron chi connectivity index (χ3n) is 4.86. The lowest BCUT2D eigenvalue weighted by molar-refractivity contribution is -0.149. The SMILES string of the molecule is CCCCCCCCC1OC(=O)c2ccccc2C1(C)C(=O)O. The van der Waals surface area contributed by atoms with Gasteiger partial charge in [0.2, 0.25) is 0 Å². The summed E-state index contributed by atoms with van der Waals surface area (Å²) in [6, 6.07) is 6.88. The lowest BCUT2D eigenvalue weighted by Crippen LogP contribution is -2.50. The minimum absolute atomic E-state index is 0.372. The van der Waals surface area contributed by atoms with Crippen LogP contribution in [0.2, 0.25) is 0 Å². The first-order valence-electron chi connectivity index (χ1n) is 8.55. The second-order valence-corrected chi connectivity index (χ2v) is 6.50. The molecule has 0 spiro atoms. The molecule has 1 aromatic rings. The molecule has 0 aliphatic carbocycles. The average molecular weight is 318 g/mol. The topological polar surface area (TPSA) is 63.6 Å². The normalized spacial score (nSPS) is 23.2. The highest BCUT2D eigenvalue weighted by Gasteiger charge is 2.50. The van der Waals surface area contributed by atoms with E-state index in [2.05, 4.69) is 6.92 Å². The molecule has 0 aromatic heterocycles. The number of aliphatic carboxylic acids is 1. The molecule has 0 saturated heterocycles. The summed E-state index contributed by atoms with van der Waals surface area (Å²) in [5.74, 6) is -1.34. The zero-order chi connectivity index (χ0) is 16.9. The number of carboxylic acids is 1. The van der Waals surface area contributed by atoms with Gasteiger partial charge in [-0.1, -0.05) is 57.2 Å². The predicted molar refractivity (Wildman–Crippen MR) is 88.6 cm³/mol. The van der Waals surface area contributed by atoms with E-state index in [1.807, 2.05) is 0 Å². The summed E-state index contributed by atoms with van der Waals surface area (Å²) in [6.45, 7) is 3.85. The van der Waals surface area contributed by atoms with Gasteiger partial charge in [-0.2, -0.15) is 0 Å². The summed E-state index contributed by atoms with van der Waals surface area (Å²) in [7, 11) is 0. The number of carbonyl (C=O) groups excluding carboxylic acids is 1. The van der Waals surface area contributed by atoms with E-state index in [4.69, 9.17) is 4.74 Å². The second kappa shape index (κ2) is 7.62. The van der Waals surface area contributed by atoms with Crippen molar-refractivity contribution >= 4 is 11.9 Å². The number of ether oxygens (including phenoxy) is 1. The summed E-state index contributed by atoms with van der Waals surface area (Å²) in [5.41, 5.74) is -0.232. The first kappa shape index (κ1) is 17.5. The number of hydrogen-bond acceptors (Lipinski definition) is 3. The number of fused-ring (bicyclic) bond motifs is 1. The highest BCUT2D eigenvalue weighted by molar-refractivity contribution is 5.97. The van der Waals surface area contributed by atoms with Gasteiger partial charge in [-0.15, -0.1) is 0 Å². The minimum Gasteiger partial charge on any atom is -0.480 e. The lowest BCUT2D eigenvalue weighted by atomic mass is 9.72. The number of benzene rings is 1. The molecule has 2 unspecified atom stereocenters. The molecule has 1 N–H and O–H groups in total. The number of carboxylic acid groups (broad SMARTS) is 1. The van der Waals surface area contributed by atoms with E-state index < -0.39 is 23.5 Å². The molecule has 23 heavy (non-hydrogen) atoms. The molecule has 0 amide bonds. The van der Waals surface area contributed by atoms with Gasteiger partial charge >= 0.3 is 11.9 Å². The molecule has 1 heterocycles. The van der Waals surface area contributed by atoms with Crippen LogP contribution in [0.5, 0.6) is 0 Å². The fourth-order valence-corrected chi connectivity index (χ4v) is 3.31. The van der Waals surface area contributed by atoms with Gasteiger partial charge in [-0.25, -0.2) is 4.79 Å². The van der Waals surface area contributed by atoms with E-state index in [1.54, 1.807) is 31.2 Å². The third kappa shape index (κ3) is 3.57. The van der Waals surface area contributed by atoms with E-state index in [0.29, 0.717) is 17.5 Å². The highest BCUT2D eigenvalue weighted by Crippen LogP contribution is 2.39. The monoisotopic (exact) mass is 318 g/mol. The van der Waals surface area contributed by atoms with Gasteiger partial charge in [-0.05, 0) is 31.4 Å². The molecule has 1 aliphatic heterocycles. The van der Waals surface area contributed by atoms with E-state index in [9.17, 15) is 14.7 Å². The maximum absolute atomic E-state index is 12.2. The van der Waals surface area contributed by atoms with Crippen LogP contribution >= 0.6 is 0 Å². The zero-order valence-electron chi connectivity index (χ0n) is 14.0. The van der Waals surface area contributed by atoms with E-state index in [1.165, 1.54) is 19.3 Å². The van der Waals surface area contributed by atoms with Crippen LogP contribution < -0.4 is 0 Å². The summed E-state index contributed by atoms with van der Waals surface area (Å²) in [6.07, 6.45) is 6.71. The zero-order valence-corrected chi connectivity index (χ0v) is 14.0. The molecule has 4 heteroatoms. The molecule has 1 aliphatic rings. The highest BCUT2D eigenvalue weighted by atomic mass is 16.5. The molecule has 0 radical (unpaired) electrons. The molecule has 2 atom stereocenters. The number of cyclic esters (lactones) is 1. The van der Waals surface area contributed by atoms with Gasteiger partial charge < -0.3 is 9.84 Å². The van der Waals surface area contributed by atoms with Crippen LogP contribution in [0.4, 0.5) is 0 Å². The van der Waals surface area contributed by atoms with Crippen LogP contribution in [0.15, 0.2) is 24.3 Å². The van der Waals surface area contributed by atoms with Gasteiger partial charge in [0.15, 0.2) is 0 Å². The molecule has 2 rings (SSSR count). The standard InChI is InChI=1S/C19H26O4/c1-3-4-5-6-7-8-13-16-19(2,18(21)22)15-12-10-9-11-14(15)17(20)23-16/h9-12,16H,3-8,13H2,1-2H3,(H,21,22). The quantitative estimate of drug-likeness (QED) is 0.573. The van der Waals surface area contributed by atoms with Crippen LogP contribution in [0.3, 0.4) is 0 Å². The van der Waals surface area contributed by atoms with Crippen LogP contribution in [0.25, 0.3) is 0 Å². The number of hydrogen-bond donors (Lipinski definition) is 1. The average Bonchev–Trinajstić information content (AvgIpc) is 2.55. The fraction of sp³-hybridized carbons (Fsp3) is 0.579. The Hall–Kier alpha value is -1.84. The number of carbonyl (C=O) groups is 2. The Bertz CT molecular complexity index is 566. The Morgan fingerprint density at radius 1 is 1.17 bits per heavy atom. The minimum atomic E-state index is -1.17. The number of unbranched alkanes of at least 4 members (excludes halogenated alkanes) is 5. The van der Waals surface area contributed by atoms with Gasteiger partial charge in [0.1, 0.15) is 11.5 Å². The predicted octanol–water partition coefficient (Wildman–Crippen LogP) is 4.32. The Kier molecular flexibility index (Phi) is 5.80. The summed E-state index contributed by atoms with van der Waals surface area (Å²) < 4.78 is 5.50. The van der Waals surface area contributed by atoms with Crippen LogP contribution in [0, 0.1) is 0 Å². The Balaban J connectivity index is 2.10. The van der Waals surface area contributed by atoms with Crippen molar-refractivity contribution < 1.29 is 19.4 Å². The van der Waals surface area contributed by atoms with E-state index in [0.717, 1.165) is 19.3 Å². The smallest absolute Gasteiger partial charge is 0.338 e. The maximum atomic E-state index is 12.2. The van der Waals surface area contributed by atoms with Crippen LogP contribution in [-0.4, -0.2) is 23.1 Å². The first-order chi connectivity index (χ1) is 11.0. The summed E-state index contributed by atoms with van der Waals surface area (Å²) in [4.78, 5) is 24.1. The number of rotatable bonds is 8. The van der Waals surface area contributed by atoms with Crippen molar-refractivity contribution in [1.29, 1.82) is 0 Å². The Labute approximate surface area is 137 Å². The van der Waals surface area contributed by atoms with Gasteiger partial charge in [-0.3, -0.25) is 4.79 Å². The molecule has 4 nitrogen and oxygen atoms in total. The molecule has 0 fully saturated rings. The van der Waals surface area contributed by atoms with Crippen molar-refractivity contribution in [3.05, 3.63) is 35.4 Å². The maximum Gasteiger partial charge on any atom is 0.338 e. The Morgan fingerprint density at radius 3 is 2.52 bits per heavy atom. The van der Waals surface area contributed by atoms with Crippen molar-refractivity contribution in [2.24, 2.45) is 0 Å². The van der Waals surface area contributed by atoms with Crippen molar-refractivity contribution in [2.45, 2.75) is 70.3 Å². The van der Waals surface area contributed by atoms with Gasteiger partial charge in [0.25, 0.3) is 0 Å². The largest absolute Gasteiger partial charge is 0.480 e. The molecular formula is C19H26O4. The van der Waals surface area contributed by atoms with Crippen molar-refractivity contribution in [3.63, 3.8) is 0 Å². The van der Waals surface area contributed by atoms with Crippen LogP contribution in [-0.2, 0) is 14.9 Å². The third-order valence-corrected chi connectivity index (χ3v) is 4.86. The molecule has 0 saturated carbocycles.